The van der Waals surface area contributed by atoms with Gasteiger partial charge in [-0.1, -0.05) is 91.5 Å². The third kappa shape index (κ3) is 7.04. The van der Waals surface area contributed by atoms with Crippen LogP contribution in [0.15, 0.2) is 82.4 Å². The Hall–Kier alpha value is -3.31. The molecular formula is C42H48IrNO3S-. The number of rotatable bonds is 8. The number of hydrogen-bond acceptors (Lipinski definition) is 5. The Morgan fingerprint density at radius 2 is 1.56 bits per heavy atom. The summed E-state index contributed by atoms with van der Waals surface area (Å²) in [5.74, 6) is 0.286. The van der Waals surface area contributed by atoms with Gasteiger partial charge in [-0.3, -0.25) is 9.78 Å². The second kappa shape index (κ2) is 14.7. The van der Waals surface area contributed by atoms with Crippen LogP contribution < -0.4 is 0 Å². The summed E-state index contributed by atoms with van der Waals surface area (Å²) in [6, 6.07) is 22.7. The summed E-state index contributed by atoms with van der Waals surface area (Å²) in [5, 5.41) is 18.2. The van der Waals surface area contributed by atoms with Crippen LogP contribution in [0.1, 0.15) is 93.6 Å². The first-order valence-corrected chi connectivity index (χ1v) is 17.8. The molecule has 0 aliphatic heterocycles. The van der Waals surface area contributed by atoms with Crippen molar-refractivity contribution in [1.82, 2.24) is 4.98 Å². The Morgan fingerprint density at radius 3 is 2.21 bits per heavy atom. The standard InChI is InChI=1S/C27H20NOS.C15H28O2.Ir/c1-27(2,3)21-15-18(14-17-6-4-5-7-19(17)21)24-25-20(10-12-28-24)23-22(29-25)9-8-16-11-13-30-26(16)23;1-7-14(5,8-2)12(16)11-13(17)15(6,9-3)10-4;/h4-13,15H,1-3H3;11,16H,7-10H2,1-6H3;/q-1;;/b;12-11-;. The van der Waals surface area contributed by atoms with Gasteiger partial charge >= 0.3 is 0 Å². The fraction of sp³-hybridized carbons (Fsp3) is 0.381. The van der Waals surface area contributed by atoms with Gasteiger partial charge in [0.25, 0.3) is 0 Å². The molecule has 0 saturated carbocycles. The van der Waals surface area contributed by atoms with Crippen LogP contribution in [0.5, 0.6) is 0 Å². The number of aromatic nitrogens is 1. The zero-order valence-electron chi connectivity index (χ0n) is 29.7. The summed E-state index contributed by atoms with van der Waals surface area (Å²) in [6.45, 7) is 18.8. The molecule has 0 amide bonds. The maximum absolute atomic E-state index is 12.2. The number of nitrogens with zero attached hydrogens (tertiary/aromatic N) is 1. The maximum atomic E-state index is 12.2. The van der Waals surface area contributed by atoms with Gasteiger partial charge in [-0.05, 0) is 66.1 Å². The zero-order valence-corrected chi connectivity index (χ0v) is 32.9. The molecule has 6 heteroatoms. The number of aliphatic hydroxyl groups is 1. The fourth-order valence-electron chi connectivity index (χ4n) is 6.07. The van der Waals surface area contributed by atoms with Crippen molar-refractivity contribution in [3.63, 3.8) is 0 Å². The first kappa shape index (κ1) is 37.5. The third-order valence-electron chi connectivity index (χ3n) is 10.4. The van der Waals surface area contributed by atoms with Crippen LogP contribution in [0.3, 0.4) is 0 Å². The predicted octanol–water partition coefficient (Wildman–Crippen LogP) is 12.8. The molecular weight excluding hydrogens is 791 g/mol. The van der Waals surface area contributed by atoms with Crippen LogP contribution in [-0.4, -0.2) is 15.9 Å². The normalized spacial score (nSPS) is 12.7. The molecule has 0 atom stereocenters. The van der Waals surface area contributed by atoms with Gasteiger partial charge in [-0.25, -0.2) is 0 Å². The van der Waals surface area contributed by atoms with E-state index in [1.807, 2.05) is 47.7 Å². The molecule has 1 N–H and O–H groups in total. The minimum Gasteiger partial charge on any atom is -0.512 e. The van der Waals surface area contributed by atoms with Gasteiger partial charge in [-0.15, -0.1) is 40.5 Å². The van der Waals surface area contributed by atoms with Crippen molar-refractivity contribution >= 4 is 59.9 Å². The number of hydrogen-bond donors (Lipinski definition) is 1. The van der Waals surface area contributed by atoms with Crippen molar-refractivity contribution in [3.05, 3.63) is 89.6 Å². The van der Waals surface area contributed by atoms with E-state index in [9.17, 15) is 9.90 Å². The molecule has 48 heavy (non-hydrogen) atoms. The molecule has 0 bridgehead atoms. The molecule has 0 aliphatic rings. The van der Waals surface area contributed by atoms with E-state index in [0.717, 1.165) is 58.9 Å². The number of fused-ring (bicyclic) bond motifs is 6. The molecule has 0 aliphatic carbocycles. The Kier molecular flexibility index (Phi) is 11.5. The van der Waals surface area contributed by atoms with E-state index in [1.54, 1.807) is 11.3 Å². The zero-order chi connectivity index (χ0) is 34.1. The largest absolute Gasteiger partial charge is 0.512 e. The molecule has 0 fully saturated rings. The number of aliphatic hydroxyl groups excluding tert-OH is 1. The van der Waals surface area contributed by atoms with E-state index in [4.69, 9.17) is 9.40 Å². The van der Waals surface area contributed by atoms with Crippen molar-refractivity contribution in [1.29, 1.82) is 0 Å². The average Bonchev–Trinajstić information content (AvgIpc) is 3.71. The minimum absolute atomic E-state index is 0. The number of benzene rings is 3. The molecule has 6 rings (SSSR count). The van der Waals surface area contributed by atoms with Crippen LogP contribution in [0.2, 0.25) is 0 Å². The number of carbonyl (C=O) groups is 1. The Balaban J connectivity index is 0.000000251. The van der Waals surface area contributed by atoms with E-state index < -0.39 is 0 Å². The molecule has 3 aromatic carbocycles. The molecule has 0 unspecified atom stereocenters. The van der Waals surface area contributed by atoms with Crippen LogP contribution in [0, 0.1) is 16.9 Å². The Morgan fingerprint density at radius 1 is 0.896 bits per heavy atom. The van der Waals surface area contributed by atoms with Gasteiger partial charge in [-0.2, -0.15) is 0 Å². The van der Waals surface area contributed by atoms with Crippen LogP contribution in [0.25, 0.3) is 54.1 Å². The molecule has 3 heterocycles. The van der Waals surface area contributed by atoms with Crippen LogP contribution in [-0.2, 0) is 30.3 Å². The van der Waals surface area contributed by atoms with Crippen LogP contribution in [0.4, 0.5) is 0 Å². The number of carbonyl (C=O) groups excluding carboxylic acids is 1. The SMILES string of the molecule is CC(C)(C)c1cc(-c2nccc3c2oc2ccc4ccsc4c23)[c-]c2ccccc12.CCC(C)(CC)C(=O)/C=C(\O)C(C)(CC)CC.[Ir]. The average molecular weight is 839 g/mol. The van der Waals surface area contributed by atoms with Crippen molar-refractivity contribution in [2.75, 3.05) is 0 Å². The Bertz CT molecular complexity index is 2090. The smallest absolute Gasteiger partial charge is 0.164 e. The van der Waals surface area contributed by atoms with Crippen molar-refractivity contribution in [2.45, 2.75) is 93.4 Å². The van der Waals surface area contributed by atoms with E-state index in [2.05, 4.69) is 86.8 Å². The summed E-state index contributed by atoms with van der Waals surface area (Å²) in [5.41, 5.74) is 4.27. The third-order valence-corrected chi connectivity index (χ3v) is 11.4. The van der Waals surface area contributed by atoms with Crippen molar-refractivity contribution < 1.29 is 34.4 Å². The maximum Gasteiger partial charge on any atom is 0.164 e. The molecule has 1 radical (unpaired) electrons. The summed E-state index contributed by atoms with van der Waals surface area (Å²) in [4.78, 5) is 16.9. The summed E-state index contributed by atoms with van der Waals surface area (Å²) >= 11 is 1.76. The van der Waals surface area contributed by atoms with Gasteiger partial charge < -0.3 is 9.52 Å². The van der Waals surface area contributed by atoms with Gasteiger partial charge in [0.15, 0.2) is 5.78 Å². The number of ketones is 1. The van der Waals surface area contributed by atoms with Gasteiger partial charge in [0.05, 0.1) is 0 Å². The van der Waals surface area contributed by atoms with Gasteiger partial charge in [0, 0.05) is 64.4 Å². The molecule has 6 aromatic rings. The number of pyridine rings is 1. The van der Waals surface area contributed by atoms with Crippen molar-refractivity contribution in [3.8, 4) is 11.3 Å². The fourth-order valence-corrected chi connectivity index (χ4v) is 7.02. The monoisotopic (exact) mass is 839 g/mol. The van der Waals surface area contributed by atoms with Crippen LogP contribution >= 0.6 is 11.3 Å². The number of allylic oxidation sites excluding steroid dienone is 2. The quantitative estimate of drug-likeness (QED) is 0.0942. The molecule has 3 aromatic heterocycles. The van der Waals surface area contributed by atoms with E-state index >= 15 is 0 Å². The first-order valence-electron chi connectivity index (χ1n) is 16.9. The second-order valence-corrected chi connectivity index (χ2v) is 15.2. The van der Waals surface area contributed by atoms with Gasteiger partial charge in [0.2, 0.25) is 0 Å². The number of thiophene rings is 1. The summed E-state index contributed by atoms with van der Waals surface area (Å²) in [7, 11) is 0. The summed E-state index contributed by atoms with van der Waals surface area (Å²) in [6.07, 6.45) is 6.64. The number of furan rings is 1. The predicted molar refractivity (Wildman–Crippen MR) is 200 cm³/mol. The summed E-state index contributed by atoms with van der Waals surface area (Å²) < 4.78 is 7.64. The first-order chi connectivity index (χ1) is 22.3. The molecule has 0 spiro atoms. The van der Waals surface area contributed by atoms with E-state index in [0.29, 0.717) is 0 Å². The molecule has 255 valence electrons. The second-order valence-electron chi connectivity index (χ2n) is 14.2. The molecule has 0 saturated heterocycles. The Labute approximate surface area is 303 Å². The van der Waals surface area contributed by atoms with E-state index in [-0.39, 0.29) is 47.9 Å². The van der Waals surface area contributed by atoms with Gasteiger partial charge in [0.1, 0.15) is 16.9 Å². The molecule has 4 nitrogen and oxygen atoms in total. The van der Waals surface area contributed by atoms with Crippen molar-refractivity contribution in [2.24, 2.45) is 10.8 Å². The van der Waals surface area contributed by atoms with E-state index in [1.165, 1.54) is 32.5 Å². The minimum atomic E-state index is -0.337. The topological polar surface area (TPSA) is 63.3 Å².